The van der Waals surface area contributed by atoms with Gasteiger partial charge in [-0.3, -0.25) is 10.00 Å². The van der Waals surface area contributed by atoms with E-state index in [9.17, 15) is 0 Å². The van der Waals surface area contributed by atoms with Crippen molar-refractivity contribution in [2.45, 2.75) is 25.3 Å². The third kappa shape index (κ3) is 3.21. The van der Waals surface area contributed by atoms with Crippen molar-refractivity contribution in [3.8, 4) is 11.3 Å². The maximum absolute atomic E-state index is 4.44. The lowest BCUT2D eigenvalue weighted by Crippen LogP contribution is -2.34. The molecule has 4 rings (SSSR count). The predicted octanol–water partition coefficient (Wildman–Crippen LogP) is 3.25. The predicted molar refractivity (Wildman–Crippen MR) is 93.3 cm³/mol. The van der Waals surface area contributed by atoms with Crippen LogP contribution in [0.1, 0.15) is 30.0 Å². The van der Waals surface area contributed by atoms with Gasteiger partial charge < -0.3 is 0 Å². The third-order valence-electron chi connectivity index (χ3n) is 4.70. The van der Waals surface area contributed by atoms with E-state index < -0.39 is 0 Å². The summed E-state index contributed by atoms with van der Waals surface area (Å²) < 4.78 is 0. The lowest BCUT2D eigenvalue weighted by molar-refractivity contribution is 0.198. The number of rotatable bonds is 4. The van der Waals surface area contributed by atoms with Crippen molar-refractivity contribution < 1.29 is 0 Å². The van der Waals surface area contributed by atoms with E-state index in [-0.39, 0.29) is 0 Å². The highest BCUT2D eigenvalue weighted by atomic mass is 15.2. The van der Waals surface area contributed by atoms with Gasteiger partial charge in [0.2, 0.25) is 0 Å². The van der Waals surface area contributed by atoms with Crippen LogP contribution >= 0.6 is 0 Å². The second-order valence-corrected chi connectivity index (χ2v) is 6.34. The van der Waals surface area contributed by atoms with Gasteiger partial charge in [-0.1, -0.05) is 30.3 Å². The summed E-state index contributed by atoms with van der Waals surface area (Å²) in [5, 5.41) is 7.43. The SMILES string of the molecule is c1ccc(-c2[nH]ncc2CN2CCC[C@@H](c3ccncn3)C2)cc1. The first-order valence-corrected chi connectivity index (χ1v) is 8.46. The van der Waals surface area contributed by atoms with Gasteiger partial charge in [0.1, 0.15) is 6.33 Å². The van der Waals surface area contributed by atoms with Crippen LogP contribution in [0.4, 0.5) is 0 Å². The van der Waals surface area contributed by atoms with E-state index in [0.29, 0.717) is 5.92 Å². The normalized spacial score (nSPS) is 18.6. The summed E-state index contributed by atoms with van der Waals surface area (Å²) in [6.07, 6.45) is 7.84. The Morgan fingerprint density at radius 3 is 2.92 bits per heavy atom. The first-order chi connectivity index (χ1) is 11.9. The van der Waals surface area contributed by atoms with Gasteiger partial charge in [0.05, 0.1) is 11.9 Å². The Bertz CT molecular complexity index is 769. The van der Waals surface area contributed by atoms with E-state index in [4.69, 9.17) is 0 Å². The molecule has 0 amide bonds. The molecule has 0 saturated carbocycles. The Morgan fingerprint density at radius 2 is 2.08 bits per heavy atom. The first kappa shape index (κ1) is 15.0. The van der Waals surface area contributed by atoms with Crippen LogP contribution < -0.4 is 0 Å². The molecule has 1 fully saturated rings. The second-order valence-electron chi connectivity index (χ2n) is 6.34. The van der Waals surface area contributed by atoms with Crippen molar-refractivity contribution >= 4 is 0 Å². The topological polar surface area (TPSA) is 57.7 Å². The molecule has 1 aliphatic heterocycles. The molecular weight excluding hydrogens is 298 g/mol. The Morgan fingerprint density at radius 1 is 1.17 bits per heavy atom. The van der Waals surface area contributed by atoms with Crippen LogP contribution in [0.25, 0.3) is 11.3 Å². The van der Waals surface area contributed by atoms with E-state index in [1.165, 1.54) is 24.0 Å². The number of benzene rings is 1. The third-order valence-corrected chi connectivity index (χ3v) is 4.70. The molecule has 2 aromatic heterocycles. The Hall–Kier alpha value is -2.53. The molecule has 0 unspecified atom stereocenters. The fourth-order valence-electron chi connectivity index (χ4n) is 3.51. The molecule has 3 heterocycles. The van der Waals surface area contributed by atoms with Gasteiger partial charge >= 0.3 is 0 Å². The number of hydrogen-bond donors (Lipinski definition) is 1. The lowest BCUT2D eigenvalue weighted by Gasteiger charge is -2.32. The molecule has 1 aliphatic rings. The number of piperidine rings is 1. The van der Waals surface area contributed by atoms with E-state index in [1.54, 1.807) is 6.33 Å². The molecular formula is C19H21N5. The lowest BCUT2D eigenvalue weighted by atomic mass is 9.94. The molecule has 3 aromatic rings. The molecule has 0 spiro atoms. The van der Waals surface area contributed by atoms with Gasteiger partial charge in [-0.15, -0.1) is 0 Å². The molecule has 1 atom stereocenters. The summed E-state index contributed by atoms with van der Waals surface area (Å²) in [4.78, 5) is 11.0. The summed E-state index contributed by atoms with van der Waals surface area (Å²) in [5.74, 6) is 0.494. The van der Waals surface area contributed by atoms with Crippen LogP contribution in [0.2, 0.25) is 0 Å². The molecule has 24 heavy (non-hydrogen) atoms. The van der Waals surface area contributed by atoms with Crippen molar-refractivity contribution in [1.82, 2.24) is 25.1 Å². The maximum atomic E-state index is 4.44. The number of H-pyrrole nitrogens is 1. The number of likely N-dealkylation sites (tertiary alicyclic amines) is 1. The number of nitrogens with zero attached hydrogens (tertiary/aromatic N) is 4. The highest BCUT2D eigenvalue weighted by Gasteiger charge is 2.23. The van der Waals surface area contributed by atoms with Crippen molar-refractivity contribution in [3.63, 3.8) is 0 Å². The summed E-state index contributed by atoms with van der Waals surface area (Å²) in [6, 6.07) is 12.4. The Kier molecular flexibility index (Phi) is 4.34. The first-order valence-electron chi connectivity index (χ1n) is 8.46. The molecule has 0 aliphatic carbocycles. The number of aromatic nitrogens is 4. The van der Waals surface area contributed by atoms with Gasteiger partial charge in [-0.05, 0) is 31.0 Å². The average molecular weight is 319 g/mol. The zero-order valence-corrected chi connectivity index (χ0v) is 13.6. The van der Waals surface area contributed by atoms with Crippen LogP contribution in [0.3, 0.4) is 0 Å². The van der Waals surface area contributed by atoms with Crippen molar-refractivity contribution in [2.75, 3.05) is 13.1 Å². The molecule has 0 radical (unpaired) electrons. The van der Waals surface area contributed by atoms with Crippen molar-refractivity contribution in [3.05, 3.63) is 66.4 Å². The van der Waals surface area contributed by atoms with E-state index >= 15 is 0 Å². The minimum atomic E-state index is 0.494. The monoisotopic (exact) mass is 319 g/mol. The highest BCUT2D eigenvalue weighted by Crippen LogP contribution is 2.28. The van der Waals surface area contributed by atoms with Crippen LogP contribution in [0.15, 0.2) is 55.1 Å². The van der Waals surface area contributed by atoms with Crippen LogP contribution in [0, 0.1) is 0 Å². The Labute approximate surface area is 141 Å². The zero-order chi connectivity index (χ0) is 16.2. The molecule has 122 valence electrons. The largest absolute Gasteiger partial charge is 0.298 e. The van der Waals surface area contributed by atoms with Crippen LogP contribution in [-0.4, -0.2) is 38.2 Å². The molecule has 5 heteroatoms. The van der Waals surface area contributed by atoms with Crippen LogP contribution in [-0.2, 0) is 6.54 Å². The van der Waals surface area contributed by atoms with Gasteiger partial charge in [0.15, 0.2) is 0 Å². The summed E-state index contributed by atoms with van der Waals surface area (Å²) >= 11 is 0. The van der Waals surface area contributed by atoms with Gasteiger partial charge in [0, 0.05) is 36.5 Å². The Balaban J connectivity index is 1.49. The summed E-state index contributed by atoms with van der Waals surface area (Å²) in [5.41, 5.74) is 4.73. The van der Waals surface area contributed by atoms with Gasteiger partial charge in [-0.25, -0.2) is 9.97 Å². The maximum Gasteiger partial charge on any atom is 0.115 e. The zero-order valence-electron chi connectivity index (χ0n) is 13.6. The van der Waals surface area contributed by atoms with E-state index in [2.05, 4.69) is 49.3 Å². The molecule has 5 nitrogen and oxygen atoms in total. The number of aromatic amines is 1. The molecule has 1 saturated heterocycles. The van der Waals surface area contributed by atoms with E-state index in [0.717, 1.165) is 31.0 Å². The molecule has 0 bridgehead atoms. The van der Waals surface area contributed by atoms with Gasteiger partial charge in [-0.2, -0.15) is 5.10 Å². The minimum Gasteiger partial charge on any atom is -0.298 e. The fourth-order valence-corrected chi connectivity index (χ4v) is 3.51. The van der Waals surface area contributed by atoms with Crippen LogP contribution in [0.5, 0.6) is 0 Å². The van der Waals surface area contributed by atoms with Gasteiger partial charge in [0.25, 0.3) is 0 Å². The number of nitrogens with one attached hydrogen (secondary N) is 1. The quantitative estimate of drug-likeness (QED) is 0.802. The molecule has 1 aromatic carbocycles. The highest BCUT2D eigenvalue weighted by molar-refractivity contribution is 5.62. The van der Waals surface area contributed by atoms with E-state index in [1.807, 2.05) is 24.5 Å². The summed E-state index contributed by atoms with van der Waals surface area (Å²) in [7, 11) is 0. The standard InChI is InChI=1S/C19H21N5/c1-2-5-15(6-3-1)19-17(11-22-23-19)13-24-10-4-7-16(12-24)18-8-9-20-14-21-18/h1-3,5-6,8-9,11,14,16H,4,7,10,12-13H2,(H,22,23)/t16-/m1/s1. The molecule has 1 N–H and O–H groups in total. The average Bonchev–Trinajstić information content (AvgIpc) is 3.11. The van der Waals surface area contributed by atoms with Crippen molar-refractivity contribution in [1.29, 1.82) is 0 Å². The smallest absolute Gasteiger partial charge is 0.115 e. The fraction of sp³-hybridized carbons (Fsp3) is 0.316. The number of hydrogen-bond acceptors (Lipinski definition) is 4. The minimum absolute atomic E-state index is 0.494. The van der Waals surface area contributed by atoms with Crippen molar-refractivity contribution in [2.24, 2.45) is 0 Å². The summed E-state index contributed by atoms with van der Waals surface area (Å²) in [6.45, 7) is 3.08. The second kappa shape index (κ2) is 6.93.